The Balaban J connectivity index is 0.693. The van der Waals surface area contributed by atoms with E-state index in [-0.39, 0.29) is 0 Å². The number of hydrogen-bond donors (Lipinski definition) is 0. The summed E-state index contributed by atoms with van der Waals surface area (Å²) in [5.74, 6) is 0. The quantitative estimate of drug-likeness (QED) is 0.0777. The van der Waals surface area contributed by atoms with Crippen LogP contribution in [0.4, 0.5) is 0 Å². The van der Waals surface area contributed by atoms with Gasteiger partial charge < -0.3 is 47.4 Å². The number of ether oxygens (including phenoxy) is 10. The molecule has 8 aromatic carbocycles. The van der Waals surface area contributed by atoms with E-state index in [9.17, 15) is 0 Å². The summed E-state index contributed by atoms with van der Waals surface area (Å²) in [7, 11) is 0. The van der Waals surface area contributed by atoms with Crippen LogP contribution in [0.2, 0.25) is 0 Å². The molecule has 0 bridgehead atoms. The highest BCUT2D eigenvalue weighted by Gasteiger charge is 2.28. The molecule has 0 aliphatic carbocycles. The lowest BCUT2D eigenvalue weighted by Gasteiger charge is -2.30. The zero-order chi connectivity index (χ0) is 43.6. The van der Waals surface area contributed by atoms with Crippen LogP contribution in [0.25, 0.3) is 64.6 Å². The minimum Gasteiger partial charge on any atom is -0.377 e. The van der Waals surface area contributed by atoms with Gasteiger partial charge in [0.25, 0.3) is 0 Å². The molecule has 0 amide bonds. The summed E-state index contributed by atoms with van der Waals surface area (Å²) >= 11 is 0. The van der Waals surface area contributed by atoms with Crippen molar-refractivity contribution in [2.45, 2.75) is 38.3 Å². The number of benzene rings is 8. The van der Waals surface area contributed by atoms with Gasteiger partial charge in [0.15, 0.2) is 0 Å². The van der Waals surface area contributed by atoms with Gasteiger partial charge in [-0.05, 0) is 89.6 Å². The van der Waals surface area contributed by atoms with Crippen LogP contribution in [0, 0.1) is 0 Å². The highest BCUT2D eigenvalue weighted by Crippen LogP contribution is 2.37. The van der Waals surface area contributed by atoms with Crippen LogP contribution in [-0.4, -0.2) is 117 Å². The molecule has 336 valence electrons. The Morgan fingerprint density at radius 2 is 0.719 bits per heavy atom. The van der Waals surface area contributed by atoms with Gasteiger partial charge in [0.2, 0.25) is 0 Å². The Hall–Kier alpha value is -4.56. The van der Waals surface area contributed by atoms with Gasteiger partial charge in [-0.3, -0.25) is 0 Å². The Kier molecular flexibility index (Phi) is 14.8. The molecule has 0 N–H and O–H groups in total. The summed E-state index contributed by atoms with van der Waals surface area (Å²) < 4.78 is 60.8. The molecule has 0 saturated carbocycles. The van der Waals surface area contributed by atoms with Crippen LogP contribution >= 0.6 is 0 Å². The van der Waals surface area contributed by atoms with Gasteiger partial charge in [-0.1, -0.05) is 109 Å². The van der Waals surface area contributed by atoms with E-state index >= 15 is 0 Å². The Morgan fingerprint density at radius 3 is 1.16 bits per heavy atom. The zero-order valence-electron chi connectivity index (χ0n) is 37.2. The van der Waals surface area contributed by atoms with Crippen LogP contribution in [0.5, 0.6) is 0 Å². The van der Waals surface area contributed by atoms with E-state index in [2.05, 4.69) is 109 Å². The van der Waals surface area contributed by atoms with E-state index in [0.29, 0.717) is 119 Å². The van der Waals surface area contributed by atoms with Crippen molar-refractivity contribution >= 4 is 64.6 Å². The highest BCUT2D eigenvalue weighted by atomic mass is 16.6. The monoisotopic (exact) mass is 868 g/mol. The third-order valence-corrected chi connectivity index (χ3v) is 12.2. The maximum absolute atomic E-state index is 6.31. The van der Waals surface area contributed by atoms with Crippen molar-refractivity contribution in [2.75, 3.05) is 106 Å². The lowest BCUT2D eigenvalue weighted by Crippen LogP contribution is -2.42. The normalized spacial score (nSPS) is 20.5. The molecule has 1 aliphatic rings. The smallest absolute Gasteiger partial charge is 0.112 e. The second-order valence-corrected chi connectivity index (χ2v) is 17.3. The maximum Gasteiger partial charge on any atom is 0.112 e. The molecular weight excluding hydrogens is 809 g/mol. The van der Waals surface area contributed by atoms with Gasteiger partial charge in [0.05, 0.1) is 119 Å². The molecule has 9 rings (SSSR count). The summed E-state index contributed by atoms with van der Waals surface area (Å²) in [6.07, 6.45) is 0. The molecule has 10 heteroatoms. The summed E-state index contributed by atoms with van der Waals surface area (Å²) in [6.45, 7) is 11.4. The fraction of sp³-hybridized carbons (Fsp3) is 0.407. The zero-order valence-corrected chi connectivity index (χ0v) is 37.2. The maximum atomic E-state index is 6.31. The van der Waals surface area contributed by atoms with E-state index < -0.39 is 11.2 Å². The molecule has 10 nitrogen and oxygen atoms in total. The molecule has 1 saturated heterocycles. The Bertz CT molecular complexity index is 2500. The van der Waals surface area contributed by atoms with Gasteiger partial charge >= 0.3 is 0 Å². The van der Waals surface area contributed by atoms with Crippen LogP contribution in [0.15, 0.2) is 109 Å². The van der Waals surface area contributed by atoms with Crippen molar-refractivity contribution in [2.24, 2.45) is 0 Å². The van der Waals surface area contributed by atoms with Gasteiger partial charge in [0, 0.05) is 0 Å². The fourth-order valence-electron chi connectivity index (χ4n) is 8.98. The first kappa shape index (κ1) is 44.6. The van der Waals surface area contributed by atoms with Crippen molar-refractivity contribution in [3.8, 4) is 0 Å². The second-order valence-electron chi connectivity index (χ2n) is 17.3. The molecule has 1 aliphatic heterocycles. The van der Waals surface area contributed by atoms with Crippen molar-refractivity contribution in [1.29, 1.82) is 0 Å². The van der Waals surface area contributed by atoms with E-state index in [0.717, 1.165) is 0 Å². The molecule has 0 aromatic heterocycles. The summed E-state index contributed by atoms with van der Waals surface area (Å²) in [5, 5.41) is 15.2. The summed E-state index contributed by atoms with van der Waals surface area (Å²) in [5.41, 5.74) is 0.984. The third kappa shape index (κ3) is 10.6. The molecule has 0 unspecified atom stereocenters. The van der Waals surface area contributed by atoms with Crippen LogP contribution < -0.4 is 0 Å². The van der Waals surface area contributed by atoms with Crippen molar-refractivity contribution in [1.82, 2.24) is 0 Å². The van der Waals surface area contributed by atoms with Crippen LogP contribution in [0.1, 0.15) is 25.0 Å². The number of hydrogen-bond acceptors (Lipinski definition) is 10. The number of rotatable bonds is 14. The van der Waals surface area contributed by atoms with Gasteiger partial charge in [-0.25, -0.2) is 0 Å². The fourth-order valence-corrected chi connectivity index (χ4v) is 8.98. The molecule has 1 heterocycles. The lowest BCUT2D eigenvalue weighted by atomic mass is 9.92. The molecule has 0 radical (unpaired) electrons. The van der Waals surface area contributed by atoms with E-state index in [1.807, 2.05) is 13.8 Å². The van der Waals surface area contributed by atoms with E-state index in [1.54, 1.807) is 0 Å². The average molecular weight is 869 g/mol. The molecule has 8 aromatic rings. The highest BCUT2D eigenvalue weighted by molar-refractivity contribution is 6.24. The predicted octanol–water partition coefficient (Wildman–Crippen LogP) is 9.88. The summed E-state index contributed by atoms with van der Waals surface area (Å²) in [6, 6.07) is 39.3. The van der Waals surface area contributed by atoms with Crippen LogP contribution in [-0.2, 0) is 60.6 Å². The van der Waals surface area contributed by atoms with Crippen molar-refractivity contribution in [3.63, 3.8) is 0 Å². The van der Waals surface area contributed by atoms with Crippen LogP contribution in [0.3, 0.4) is 0 Å². The molecule has 2 atom stereocenters. The largest absolute Gasteiger partial charge is 0.377 e. The standard InChI is InChI=1S/C54H60O10/c1-53(37-61-27-23-57-33-45-15-13-43-11-9-39-5-3-7-41-17-19-47(45)51(43)49(39)41)35-59-25-21-55-22-26-60-36-54(2,64-32-30-56-29-31-63-53)38-62-28-24-58-34-46-16-14-44-12-10-40-6-4-8-42-18-20-48(46)52(44)50(40)42/h3-20H,21-38H2,1-2H3/t53-,54-/m1/s1. The molecule has 0 spiro atoms. The first-order chi connectivity index (χ1) is 31.5. The third-order valence-electron chi connectivity index (χ3n) is 12.2. The summed E-state index contributed by atoms with van der Waals surface area (Å²) in [4.78, 5) is 0. The van der Waals surface area contributed by atoms with E-state index in [1.165, 1.54) is 75.8 Å². The van der Waals surface area contributed by atoms with Crippen molar-refractivity contribution < 1.29 is 47.4 Å². The minimum absolute atomic E-state index is 0.344. The van der Waals surface area contributed by atoms with E-state index in [4.69, 9.17) is 47.4 Å². The lowest BCUT2D eigenvalue weighted by molar-refractivity contribution is -0.155. The first-order valence-corrected chi connectivity index (χ1v) is 22.7. The molecule has 64 heavy (non-hydrogen) atoms. The second kappa shape index (κ2) is 21.2. The predicted molar refractivity (Wildman–Crippen MR) is 253 cm³/mol. The molecule has 1 fully saturated rings. The van der Waals surface area contributed by atoms with Gasteiger partial charge in [-0.15, -0.1) is 0 Å². The average Bonchev–Trinajstić information content (AvgIpc) is 3.31. The topological polar surface area (TPSA) is 92.3 Å². The Morgan fingerprint density at radius 1 is 0.375 bits per heavy atom. The van der Waals surface area contributed by atoms with Gasteiger partial charge in [-0.2, -0.15) is 0 Å². The van der Waals surface area contributed by atoms with Gasteiger partial charge in [0.1, 0.15) is 11.2 Å². The Labute approximate surface area is 375 Å². The first-order valence-electron chi connectivity index (χ1n) is 22.7. The minimum atomic E-state index is -0.679. The van der Waals surface area contributed by atoms with Crippen molar-refractivity contribution in [3.05, 3.63) is 120 Å². The molecular formula is C54H60O10. The SMILES string of the molecule is C[C@]1(COCCOCc2ccc3ccc4cccc5ccc2c3c45)COCCOCCOC[C@](C)(COCCOCc2ccc3ccc4cccc5ccc2c3c45)OCCOCCO1.